The summed E-state index contributed by atoms with van der Waals surface area (Å²) in [4.78, 5) is 133. The summed E-state index contributed by atoms with van der Waals surface area (Å²) in [5.74, 6) is -5.60. The summed E-state index contributed by atoms with van der Waals surface area (Å²) >= 11 is 0. The maximum atomic E-state index is 13.3. The lowest BCUT2D eigenvalue weighted by Gasteiger charge is -2.06. The van der Waals surface area contributed by atoms with E-state index >= 15 is 0 Å². The average Bonchev–Trinajstić information content (AvgIpc) is 3.49. The quantitative estimate of drug-likeness (QED) is 0.175. The Bertz CT molecular complexity index is 1910. The van der Waals surface area contributed by atoms with Crippen molar-refractivity contribution in [2.45, 2.75) is 40.9 Å². The summed E-state index contributed by atoms with van der Waals surface area (Å²) in [6.45, 7) is 1.91. The van der Waals surface area contributed by atoms with Crippen LogP contribution in [0.1, 0.15) is 90.6 Å². The van der Waals surface area contributed by atoms with Gasteiger partial charge in [-0.2, -0.15) is 9.68 Å². The number of hydrogen-bond donors (Lipinski definition) is 0. The van der Waals surface area contributed by atoms with Crippen molar-refractivity contribution < 1.29 is 43.5 Å². The highest BCUT2D eigenvalue weighted by molar-refractivity contribution is 6.10. The standard InChI is InChI=1S/C28H24N7O11/c1-15(36)31-21(23(33(17(3)38)27(31)42)25(40)19-9-5-7-11-29-19)13-45-35(44)46-14-22-24(26(41)20-10-6-8-12-30-20)34(18(4)39)28(43)32(22)16(2)37/h5-12H,13-14H2,1-4H3/q+1. The van der Waals surface area contributed by atoms with Crippen LogP contribution in [-0.2, 0) is 22.9 Å². The fraction of sp³-hybridized carbons (Fsp3) is 0.214. The van der Waals surface area contributed by atoms with E-state index in [-0.39, 0.29) is 11.4 Å². The Labute approximate surface area is 256 Å². The molecule has 0 atom stereocenters. The number of imidazole rings is 2. The van der Waals surface area contributed by atoms with E-state index in [0.29, 0.717) is 18.3 Å². The molecule has 0 unspecified atom stereocenters. The lowest BCUT2D eigenvalue weighted by molar-refractivity contribution is -0.988. The van der Waals surface area contributed by atoms with Crippen LogP contribution in [0.15, 0.2) is 58.4 Å². The van der Waals surface area contributed by atoms with Crippen LogP contribution in [0.2, 0.25) is 0 Å². The molecule has 236 valence electrons. The Kier molecular flexibility index (Phi) is 9.20. The van der Waals surface area contributed by atoms with Crippen LogP contribution in [0.4, 0.5) is 0 Å². The van der Waals surface area contributed by atoms with Crippen molar-refractivity contribution in [3.8, 4) is 0 Å². The molecule has 0 N–H and O–H groups in total. The summed E-state index contributed by atoms with van der Waals surface area (Å²) in [5, 5.41) is -0.538. The smallest absolute Gasteiger partial charge is 0.285 e. The van der Waals surface area contributed by atoms with Crippen LogP contribution < -0.4 is 11.4 Å². The molecular weight excluding hydrogens is 610 g/mol. The lowest BCUT2D eigenvalue weighted by atomic mass is 10.1. The molecular formula is C28H24N7O11+. The largest absolute Gasteiger partial charge is 0.478 e. The molecule has 4 heterocycles. The molecule has 0 aliphatic rings. The van der Waals surface area contributed by atoms with Crippen LogP contribution in [0.5, 0.6) is 0 Å². The molecule has 0 saturated heterocycles. The molecule has 0 saturated carbocycles. The van der Waals surface area contributed by atoms with Crippen molar-refractivity contribution in [2.24, 2.45) is 0 Å². The second-order valence-electron chi connectivity index (χ2n) is 9.43. The topological polar surface area (TPSA) is 221 Å². The zero-order valence-corrected chi connectivity index (χ0v) is 24.7. The van der Waals surface area contributed by atoms with Gasteiger partial charge in [-0.3, -0.25) is 38.7 Å². The third-order valence-electron chi connectivity index (χ3n) is 6.40. The lowest BCUT2D eigenvalue weighted by Crippen LogP contribution is -2.32. The Morgan fingerprint density at radius 1 is 0.609 bits per heavy atom. The predicted molar refractivity (Wildman–Crippen MR) is 151 cm³/mol. The molecule has 0 radical (unpaired) electrons. The Hall–Kier alpha value is -6.46. The molecule has 0 bridgehead atoms. The van der Waals surface area contributed by atoms with Crippen LogP contribution in [0, 0.1) is 4.91 Å². The summed E-state index contributed by atoms with van der Waals surface area (Å²) < 4.78 is 1.77. The van der Waals surface area contributed by atoms with E-state index in [0.717, 1.165) is 27.7 Å². The Morgan fingerprint density at radius 3 is 1.24 bits per heavy atom. The average molecular weight is 635 g/mol. The number of aromatic nitrogens is 6. The first-order valence-electron chi connectivity index (χ1n) is 13.2. The molecule has 0 aliphatic carbocycles. The molecule has 18 nitrogen and oxygen atoms in total. The van der Waals surface area contributed by atoms with Gasteiger partial charge in [-0.15, -0.1) is 0 Å². The summed E-state index contributed by atoms with van der Waals surface area (Å²) in [6.07, 6.45) is 2.56. The van der Waals surface area contributed by atoms with E-state index in [4.69, 9.17) is 9.68 Å². The molecule has 0 aliphatic heterocycles. The highest BCUT2D eigenvalue weighted by Gasteiger charge is 2.34. The fourth-order valence-corrected chi connectivity index (χ4v) is 4.56. The van der Waals surface area contributed by atoms with E-state index in [1.165, 1.54) is 48.8 Å². The summed E-state index contributed by atoms with van der Waals surface area (Å²) in [6, 6.07) is 8.54. The minimum absolute atomic E-state index is 0.197. The van der Waals surface area contributed by atoms with Crippen LogP contribution in [-0.4, -0.2) is 68.5 Å². The third kappa shape index (κ3) is 5.98. The first-order valence-corrected chi connectivity index (χ1v) is 13.2. The molecule has 4 aromatic rings. The fourth-order valence-electron chi connectivity index (χ4n) is 4.56. The molecule has 4 rings (SSSR count). The van der Waals surface area contributed by atoms with Crippen LogP contribution >= 0.6 is 0 Å². The van der Waals surface area contributed by atoms with Gasteiger partial charge in [0.1, 0.15) is 39.1 Å². The number of pyridine rings is 2. The highest BCUT2D eigenvalue weighted by atomic mass is 17.0. The monoisotopic (exact) mass is 634 g/mol. The maximum Gasteiger partial charge on any atom is 0.478 e. The minimum atomic E-state index is -1.20. The van der Waals surface area contributed by atoms with Gasteiger partial charge in [-0.05, 0) is 24.3 Å². The SMILES string of the molecule is CC(=O)n1c(CO[N+](=O)OCc2c(C(=O)c3ccccn3)n(C(C)=O)c(=O)n2C(C)=O)c(C(=O)c2ccccn2)n(C(C)=O)c1=O. The number of hydrogen-bond acceptors (Lipinski definition) is 13. The van der Waals surface area contributed by atoms with Gasteiger partial charge in [-0.25, -0.2) is 27.9 Å². The number of nitrogens with zero attached hydrogens (tertiary/aromatic N) is 7. The van der Waals surface area contributed by atoms with Crippen LogP contribution in [0.3, 0.4) is 0 Å². The minimum Gasteiger partial charge on any atom is -0.285 e. The van der Waals surface area contributed by atoms with E-state index in [1.807, 2.05) is 0 Å². The van der Waals surface area contributed by atoms with Gasteiger partial charge in [0.25, 0.3) is 0 Å². The van der Waals surface area contributed by atoms with Crippen molar-refractivity contribution in [2.75, 3.05) is 0 Å². The second kappa shape index (κ2) is 13.0. The Balaban J connectivity index is 1.71. The zero-order chi connectivity index (χ0) is 33.9. The number of carbonyl (C=O) groups is 6. The molecule has 18 heteroatoms. The second-order valence-corrected chi connectivity index (χ2v) is 9.43. The number of carbonyl (C=O) groups excluding carboxylic acids is 6. The number of ketones is 2. The van der Waals surface area contributed by atoms with Crippen molar-refractivity contribution in [1.82, 2.24) is 28.2 Å². The first kappa shape index (κ1) is 32.5. The molecule has 0 amide bonds. The normalized spacial score (nSPS) is 10.7. The van der Waals surface area contributed by atoms with Gasteiger partial charge in [0.15, 0.2) is 0 Å². The Morgan fingerprint density at radius 2 is 0.957 bits per heavy atom. The van der Waals surface area contributed by atoms with Crippen LogP contribution in [0.25, 0.3) is 0 Å². The van der Waals surface area contributed by atoms with E-state index in [1.54, 1.807) is 0 Å². The maximum absolute atomic E-state index is 13.3. The third-order valence-corrected chi connectivity index (χ3v) is 6.40. The van der Waals surface area contributed by atoms with Gasteiger partial charge < -0.3 is 0 Å². The summed E-state index contributed by atoms with van der Waals surface area (Å²) in [7, 11) is 0. The molecule has 0 spiro atoms. The molecule has 46 heavy (non-hydrogen) atoms. The van der Waals surface area contributed by atoms with Crippen molar-refractivity contribution in [1.29, 1.82) is 0 Å². The van der Waals surface area contributed by atoms with Crippen molar-refractivity contribution >= 4 is 35.2 Å². The highest BCUT2D eigenvalue weighted by Crippen LogP contribution is 2.18. The predicted octanol–water partition coefficient (Wildman–Crippen LogP) is 0.848. The molecule has 0 fully saturated rings. The van der Waals surface area contributed by atoms with Crippen molar-refractivity contribution in [3.05, 3.63) is 109 Å². The van der Waals surface area contributed by atoms with E-state index < -0.39 is 87.7 Å². The van der Waals surface area contributed by atoms with Gasteiger partial charge in [0.2, 0.25) is 48.4 Å². The molecule has 4 aromatic heterocycles. The van der Waals surface area contributed by atoms with Crippen molar-refractivity contribution in [3.63, 3.8) is 0 Å². The van der Waals surface area contributed by atoms with Gasteiger partial charge in [-0.1, -0.05) is 12.1 Å². The zero-order valence-electron chi connectivity index (χ0n) is 24.7. The van der Waals surface area contributed by atoms with E-state index in [2.05, 4.69) is 9.97 Å². The molecule has 0 aromatic carbocycles. The summed E-state index contributed by atoms with van der Waals surface area (Å²) in [5.41, 5.74) is -5.01. The van der Waals surface area contributed by atoms with Gasteiger partial charge in [0.05, 0.1) is 0 Å². The first-order chi connectivity index (χ1) is 21.8. The van der Waals surface area contributed by atoms with Gasteiger partial charge >= 0.3 is 16.5 Å². The van der Waals surface area contributed by atoms with Gasteiger partial charge in [0, 0.05) is 40.1 Å². The number of rotatable bonds is 10. The van der Waals surface area contributed by atoms with E-state index in [9.17, 15) is 43.3 Å².